The Morgan fingerprint density at radius 1 is 1.16 bits per heavy atom. The number of amides is 1. The highest BCUT2D eigenvalue weighted by atomic mass is 35.5. The second kappa shape index (κ2) is 14.7. The second-order valence-corrected chi connectivity index (χ2v) is 9.70. The lowest BCUT2D eigenvalue weighted by Crippen LogP contribution is -2.52. The van der Waals surface area contributed by atoms with Gasteiger partial charge in [-0.25, -0.2) is 9.59 Å². The summed E-state index contributed by atoms with van der Waals surface area (Å²) in [6, 6.07) is 4.99. The standard InChI is InChI=1S/C27H36ClN3O4.C2H6/c1-9-18(3)23(29-10-2)24(21-12-11-20(28)17-22(21)19(4)25(32)34-8)30-13-15-31(16-14-30)26(33)35-27(5,6)7;1-2/h10-12,17,24H,2-4,9,13-16H2,1,5-8H3;1-2H3. The molecule has 0 aromatic heterocycles. The van der Waals surface area contributed by atoms with Gasteiger partial charge in [0.2, 0.25) is 0 Å². The molecule has 8 heteroatoms. The summed E-state index contributed by atoms with van der Waals surface area (Å²) in [5, 5.41) is 0.471. The number of benzene rings is 1. The van der Waals surface area contributed by atoms with Crippen LogP contribution < -0.4 is 0 Å². The van der Waals surface area contributed by atoms with Crippen LogP contribution in [0.2, 0.25) is 5.02 Å². The molecule has 204 valence electrons. The average molecular weight is 532 g/mol. The lowest BCUT2D eigenvalue weighted by atomic mass is 9.88. The van der Waals surface area contributed by atoms with Crippen LogP contribution in [0.25, 0.3) is 5.57 Å². The maximum Gasteiger partial charge on any atom is 0.410 e. The first-order chi connectivity index (χ1) is 17.4. The highest BCUT2D eigenvalue weighted by Gasteiger charge is 2.34. The molecule has 0 saturated carbocycles. The van der Waals surface area contributed by atoms with E-state index in [4.69, 9.17) is 21.1 Å². The van der Waals surface area contributed by atoms with Crippen LogP contribution >= 0.6 is 11.6 Å². The Kier molecular flexibility index (Phi) is 12.8. The number of ether oxygens (including phenoxy) is 2. The van der Waals surface area contributed by atoms with Crippen LogP contribution in [0, 0.1) is 0 Å². The van der Waals surface area contributed by atoms with Crippen LogP contribution in [0.15, 0.2) is 54.7 Å². The number of hydrogen-bond donors (Lipinski definition) is 0. The molecule has 37 heavy (non-hydrogen) atoms. The van der Waals surface area contributed by atoms with Gasteiger partial charge in [-0.3, -0.25) is 9.89 Å². The molecule has 1 aromatic carbocycles. The molecule has 0 bridgehead atoms. The lowest BCUT2D eigenvalue weighted by molar-refractivity contribution is -0.133. The highest BCUT2D eigenvalue weighted by molar-refractivity contribution is 6.31. The number of hydrogen-bond acceptors (Lipinski definition) is 6. The molecule has 0 aliphatic carbocycles. The van der Waals surface area contributed by atoms with Crippen molar-refractivity contribution in [1.29, 1.82) is 0 Å². The van der Waals surface area contributed by atoms with Gasteiger partial charge >= 0.3 is 12.1 Å². The quantitative estimate of drug-likeness (QED) is 0.212. The molecule has 0 N–H and O–H groups in total. The van der Waals surface area contributed by atoms with Crippen LogP contribution in [0.4, 0.5) is 4.79 Å². The van der Waals surface area contributed by atoms with Crippen LogP contribution in [0.1, 0.15) is 65.1 Å². The average Bonchev–Trinajstić information content (AvgIpc) is 2.88. The van der Waals surface area contributed by atoms with E-state index in [9.17, 15) is 9.59 Å². The number of aliphatic imine (C=N–C) groups is 1. The predicted molar refractivity (Wildman–Crippen MR) is 153 cm³/mol. The van der Waals surface area contributed by atoms with Crippen molar-refractivity contribution >= 4 is 34.9 Å². The summed E-state index contributed by atoms with van der Waals surface area (Å²) in [7, 11) is 1.31. The Morgan fingerprint density at radius 3 is 2.24 bits per heavy atom. The summed E-state index contributed by atoms with van der Waals surface area (Å²) in [4.78, 5) is 33.5. The third-order valence-corrected chi connectivity index (χ3v) is 5.91. The Labute approximate surface area is 227 Å². The van der Waals surface area contributed by atoms with Crippen molar-refractivity contribution < 1.29 is 19.1 Å². The zero-order chi connectivity index (χ0) is 28.3. The molecule has 1 amide bonds. The molecule has 1 unspecified atom stereocenters. The summed E-state index contributed by atoms with van der Waals surface area (Å²) in [6.07, 6.45) is 1.84. The van der Waals surface area contributed by atoms with Gasteiger partial charge in [0.1, 0.15) is 5.60 Å². The van der Waals surface area contributed by atoms with Crippen LogP contribution in [-0.2, 0) is 14.3 Å². The normalized spacial score (nSPS) is 15.1. The largest absolute Gasteiger partial charge is 0.465 e. The molecule has 1 atom stereocenters. The van der Waals surface area contributed by atoms with Crippen LogP contribution in [0.3, 0.4) is 0 Å². The smallest absolute Gasteiger partial charge is 0.410 e. The van der Waals surface area contributed by atoms with Crippen LogP contribution in [-0.4, -0.2) is 66.5 Å². The highest BCUT2D eigenvalue weighted by Crippen LogP contribution is 2.35. The maximum absolute atomic E-state index is 12.6. The van der Waals surface area contributed by atoms with E-state index in [2.05, 4.69) is 29.6 Å². The zero-order valence-corrected chi connectivity index (χ0v) is 24.2. The van der Waals surface area contributed by atoms with E-state index >= 15 is 0 Å². The number of carbonyl (C=O) groups is 2. The first kappa shape index (κ1) is 32.1. The molecular formula is C29H42ClN3O4. The number of halogens is 1. The van der Waals surface area contributed by atoms with Gasteiger partial charge in [0.15, 0.2) is 0 Å². The van der Waals surface area contributed by atoms with Crippen molar-refractivity contribution in [3.63, 3.8) is 0 Å². The molecule has 1 aliphatic rings. The van der Waals surface area contributed by atoms with Crippen LogP contribution in [0.5, 0.6) is 0 Å². The topological polar surface area (TPSA) is 71.4 Å². The van der Waals surface area contributed by atoms with Gasteiger partial charge in [0.25, 0.3) is 0 Å². The molecular weight excluding hydrogens is 490 g/mol. The van der Waals surface area contributed by atoms with Gasteiger partial charge in [-0.1, -0.05) is 58.2 Å². The summed E-state index contributed by atoms with van der Waals surface area (Å²) in [5.41, 5.74) is 2.58. The third-order valence-electron chi connectivity index (χ3n) is 5.68. The number of esters is 1. The number of rotatable bonds is 8. The predicted octanol–water partition coefficient (Wildman–Crippen LogP) is 6.70. The van der Waals surface area contributed by atoms with Crippen molar-refractivity contribution in [2.75, 3.05) is 33.3 Å². The van der Waals surface area contributed by atoms with E-state index < -0.39 is 11.6 Å². The summed E-state index contributed by atoms with van der Waals surface area (Å²) < 4.78 is 10.5. The minimum Gasteiger partial charge on any atom is -0.465 e. The van der Waals surface area contributed by atoms with E-state index in [-0.39, 0.29) is 17.7 Å². The third kappa shape index (κ3) is 8.86. The Hall–Kier alpha value is -2.90. The van der Waals surface area contributed by atoms with Crippen molar-refractivity contribution in [2.24, 2.45) is 4.99 Å². The Bertz CT molecular complexity index is 1020. The van der Waals surface area contributed by atoms with Gasteiger partial charge < -0.3 is 14.4 Å². The fourth-order valence-electron chi connectivity index (χ4n) is 3.90. The molecule has 1 fully saturated rings. The number of nitrogens with zero attached hydrogens (tertiary/aromatic N) is 3. The van der Waals surface area contributed by atoms with Gasteiger partial charge in [-0.05, 0) is 56.0 Å². The van der Waals surface area contributed by atoms with Gasteiger partial charge in [-0.2, -0.15) is 0 Å². The minimum absolute atomic E-state index is 0.197. The molecule has 7 nitrogen and oxygen atoms in total. The molecule has 1 aliphatic heterocycles. The molecule has 1 heterocycles. The number of methoxy groups -OCH3 is 1. The first-order valence-corrected chi connectivity index (χ1v) is 13.0. The SMILES string of the molecule is C=CN=C(C(=C)CC)C(c1ccc(Cl)cc1C(=C)C(=O)OC)N1CCN(C(=O)OC(C)(C)C)CC1.CC. The van der Waals surface area contributed by atoms with E-state index in [1.165, 1.54) is 13.3 Å². The zero-order valence-electron chi connectivity index (χ0n) is 23.4. The Morgan fingerprint density at radius 2 is 1.76 bits per heavy atom. The van der Waals surface area contributed by atoms with Gasteiger partial charge in [0, 0.05) is 37.4 Å². The summed E-state index contributed by atoms with van der Waals surface area (Å²) in [5.74, 6) is -0.543. The van der Waals surface area contributed by atoms with E-state index in [1.807, 2.05) is 47.6 Å². The van der Waals surface area contributed by atoms with Crippen molar-refractivity contribution in [2.45, 2.75) is 59.6 Å². The van der Waals surface area contributed by atoms with E-state index in [1.54, 1.807) is 17.0 Å². The molecule has 1 aromatic rings. The Balaban J connectivity index is 0.00000334. The molecule has 2 rings (SSSR count). The fraction of sp³-hybridized carbons (Fsp3) is 0.483. The van der Waals surface area contributed by atoms with Crippen molar-refractivity contribution in [3.8, 4) is 0 Å². The molecule has 0 radical (unpaired) electrons. The van der Waals surface area contributed by atoms with Crippen molar-refractivity contribution in [3.05, 3.63) is 65.9 Å². The lowest BCUT2D eigenvalue weighted by Gasteiger charge is -2.41. The fourth-order valence-corrected chi connectivity index (χ4v) is 4.07. The van der Waals surface area contributed by atoms with E-state index in [0.717, 1.165) is 16.8 Å². The maximum atomic E-state index is 12.6. The minimum atomic E-state index is -0.564. The monoisotopic (exact) mass is 531 g/mol. The molecule has 0 spiro atoms. The molecule has 1 saturated heterocycles. The van der Waals surface area contributed by atoms with Crippen molar-refractivity contribution in [1.82, 2.24) is 9.80 Å². The number of piperazine rings is 1. The summed E-state index contributed by atoms with van der Waals surface area (Å²) in [6.45, 7) is 25.6. The first-order valence-electron chi connectivity index (χ1n) is 12.6. The summed E-state index contributed by atoms with van der Waals surface area (Å²) >= 11 is 6.31. The second-order valence-electron chi connectivity index (χ2n) is 9.26. The van der Waals surface area contributed by atoms with Gasteiger partial charge in [-0.15, -0.1) is 0 Å². The van der Waals surface area contributed by atoms with E-state index in [0.29, 0.717) is 43.2 Å². The number of carbonyl (C=O) groups excluding carboxylic acids is 2. The van der Waals surface area contributed by atoms with Gasteiger partial charge in [0.05, 0.1) is 24.4 Å².